The number of carbonyl (C=O) groups excluding carboxylic acids is 1. The number of pyridine rings is 1. The average molecular weight is 325 g/mol. The van der Waals surface area contributed by atoms with Gasteiger partial charge in [0.25, 0.3) is 5.91 Å². The summed E-state index contributed by atoms with van der Waals surface area (Å²) < 4.78 is 5.03. The number of aromatic nitrogens is 1. The van der Waals surface area contributed by atoms with Crippen LogP contribution in [0.1, 0.15) is 35.2 Å². The van der Waals surface area contributed by atoms with Crippen molar-refractivity contribution >= 4 is 5.91 Å². The number of hydrogen-bond donors (Lipinski definition) is 0. The summed E-state index contributed by atoms with van der Waals surface area (Å²) in [4.78, 5) is 21.1. The van der Waals surface area contributed by atoms with Gasteiger partial charge in [0, 0.05) is 38.6 Å². The van der Waals surface area contributed by atoms with Crippen molar-refractivity contribution in [1.82, 2.24) is 14.8 Å². The molecule has 0 radical (unpaired) electrons. The maximum absolute atomic E-state index is 12.4. The molecule has 5 nitrogen and oxygen atoms in total. The maximum atomic E-state index is 12.4. The number of rotatable bonds is 3. The Morgan fingerprint density at radius 2 is 2.04 bits per heavy atom. The van der Waals surface area contributed by atoms with Crippen LogP contribution in [-0.2, 0) is 6.54 Å². The molecule has 2 aromatic heterocycles. The number of hydrogen-bond acceptors (Lipinski definition) is 4. The molecule has 2 aromatic rings. The Bertz CT molecular complexity index is 676. The second-order valence-electron chi connectivity index (χ2n) is 7.13. The molecule has 0 atom stereocenters. The fourth-order valence-corrected chi connectivity index (χ4v) is 4.07. The van der Waals surface area contributed by atoms with Crippen molar-refractivity contribution in [3.63, 3.8) is 0 Å². The van der Waals surface area contributed by atoms with Crippen LogP contribution in [0.4, 0.5) is 0 Å². The number of carbonyl (C=O) groups is 1. The van der Waals surface area contributed by atoms with Gasteiger partial charge in [-0.2, -0.15) is 0 Å². The molecule has 4 rings (SSSR count). The van der Waals surface area contributed by atoms with Crippen LogP contribution in [0.2, 0.25) is 0 Å². The van der Waals surface area contributed by atoms with E-state index in [9.17, 15) is 4.79 Å². The summed E-state index contributed by atoms with van der Waals surface area (Å²) in [7, 11) is 0. The predicted molar refractivity (Wildman–Crippen MR) is 90.4 cm³/mol. The third kappa shape index (κ3) is 3.08. The van der Waals surface area contributed by atoms with Crippen LogP contribution in [0.3, 0.4) is 0 Å². The van der Waals surface area contributed by atoms with Gasteiger partial charge >= 0.3 is 0 Å². The van der Waals surface area contributed by atoms with E-state index in [-0.39, 0.29) is 5.91 Å². The van der Waals surface area contributed by atoms with Gasteiger partial charge in [-0.1, -0.05) is 6.07 Å². The molecule has 5 heteroatoms. The highest BCUT2D eigenvalue weighted by atomic mass is 16.3. The lowest BCUT2D eigenvalue weighted by atomic mass is 9.77. The van der Waals surface area contributed by atoms with Gasteiger partial charge in [0.1, 0.15) is 6.26 Å². The molecule has 0 unspecified atom stereocenters. The molecule has 1 spiro atoms. The van der Waals surface area contributed by atoms with Crippen LogP contribution >= 0.6 is 0 Å². The third-order valence-corrected chi connectivity index (χ3v) is 5.53. The molecule has 0 bridgehead atoms. The van der Waals surface area contributed by atoms with Gasteiger partial charge in [-0.25, -0.2) is 0 Å². The first-order valence-corrected chi connectivity index (χ1v) is 8.67. The van der Waals surface area contributed by atoms with Gasteiger partial charge in [0.05, 0.1) is 11.8 Å². The minimum absolute atomic E-state index is 0.101. The fraction of sp³-hybridized carbons (Fsp3) is 0.474. The fourth-order valence-electron chi connectivity index (χ4n) is 4.07. The smallest absolute Gasteiger partial charge is 0.257 e. The summed E-state index contributed by atoms with van der Waals surface area (Å²) in [6.07, 6.45) is 10.3. The Morgan fingerprint density at radius 3 is 2.75 bits per heavy atom. The van der Waals surface area contributed by atoms with E-state index < -0.39 is 0 Å². The first kappa shape index (κ1) is 15.4. The van der Waals surface area contributed by atoms with Gasteiger partial charge in [0.2, 0.25) is 0 Å². The Morgan fingerprint density at radius 1 is 1.21 bits per heavy atom. The van der Waals surface area contributed by atoms with Gasteiger partial charge in [-0.05, 0) is 48.9 Å². The summed E-state index contributed by atoms with van der Waals surface area (Å²) in [5.41, 5.74) is 2.33. The third-order valence-electron chi connectivity index (χ3n) is 5.53. The van der Waals surface area contributed by atoms with E-state index in [0.717, 1.165) is 45.6 Å². The topological polar surface area (TPSA) is 49.6 Å². The van der Waals surface area contributed by atoms with E-state index in [1.807, 2.05) is 23.4 Å². The first-order valence-electron chi connectivity index (χ1n) is 8.67. The van der Waals surface area contributed by atoms with Gasteiger partial charge in [-0.3, -0.25) is 14.7 Å². The van der Waals surface area contributed by atoms with Crippen molar-refractivity contribution in [2.75, 3.05) is 26.2 Å². The lowest BCUT2D eigenvalue weighted by molar-refractivity contribution is 0.0587. The number of furan rings is 1. The monoisotopic (exact) mass is 325 g/mol. The first-order chi connectivity index (χ1) is 11.7. The molecule has 1 amide bonds. The van der Waals surface area contributed by atoms with Crippen LogP contribution in [0.25, 0.3) is 0 Å². The summed E-state index contributed by atoms with van der Waals surface area (Å²) in [5, 5.41) is 0. The minimum atomic E-state index is 0.101. The zero-order valence-corrected chi connectivity index (χ0v) is 13.9. The summed E-state index contributed by atoms with van der Waals surface area (Å²) in [6, 6.07) is 5.89. The van der Waals surface area contributed by atoms with E-state index in [0.29, 0.717) is 11.0 Å². The van der Waals surface area contributed by atoms with Gasteiger partial charge < -0.3 is 9.32 Å². The molecular formula is C19H23N3O2. The molecule has 0 aromatic carbocycles. The van der Waals surface area contributed by atoms with Crippen molar-refractivity contribution in [3.8, 4) is 0 Å². The number of nitrogens with zero attached hydrogens (tertiary/aromatic N) is 3. The molecule has 2 saturated heterocycles. The Labute approximate surface area is 142 Å². The molecule has 2 aliphatic heterocycles. The highest BCUT2D eigenvalue weighted by molar-refractivity contribution is 5.93. The molecule has 24 heavy (non-hydrogen) atoms. The van der Waals surface area contributed by atoms with E-state index >= 15 is 0 Å². The second kappa shape index (κ2) is 6.40. The van der Waals surface area contributed by atoms with Crippen LogP contribution in [0.15, 0.2) is 47.5 Å². The number of likely N-dealkylation sites (tertiary alicyclic amines) is 2. The standard InChI is InChI=1S/C19H23N3O2/c23-18(17-3-11-24-14-17)22-9-5-19(6-10-22)4-8-21(15-19)13-16-2-1-7-20-12-16/h1-3,7,11-12,14H,4-6,8-10,13,15H2. The lowest BCUT2D eigenvalue weighted by Gasteiger charge is -2.39. The normalized spacial score (nSPS) is 20.6. The quantitative estimate of drug-likeness (QED) is 0.871. The van der Waals surface area contributed by atoms with Crippen LogP contribution in [-0.4, -0.2) is 46.9 Å². The molecule has 2 aliphatic rings. The van der Waals surface area contributed by atoms with Crippen molar-refractivity contribution < 1.29 is 9.21 Å². The predicted octanol–water partition coefficient (Wildman–Crippen LogP) is 2.80. The molecule has 0 aliphatic carbocycles. The van der Waals surface area contributed by atoms with E-state index in [4.69, 9.17) is 4.42 Å². The van der Waals surface area contributed by atoms with Crippen LogP contribution < -0.4 is 0 Å². The molecule has 2 fully saturated rings. The minimum Gasteiger partial charge on any atom is -0.472 e. The molecule has 0 saturated carbocycles. The van der Waals surface area contributed by atoms with Crippen molar-refractivity contribution in [3.05, 3.63) is 54.2 Å². The van der Waals surface area contributed by atoms with Crippen molar-refractivity contribution in [2.24, 2.45) is 5.41 Å². The highest BCUT2D eigenvalue weighted by Crippen LogP contribution is 2.41. The Balaban J connectivity index is 1.33. The number of piperidine rings is 1. The molecular weight excluding hydrogens is 302 g/mol. The van der Waals surface area contributed by atoms with Gasteiger partial charge in [0.15, 0.2) is 0 Å². The summed E-state index contributed by atoms with van der Waals surface area (Å²) in [5.74, 6) is 0.101. The zero-order valence-electron chi connectivity index (χ0n) is 13.9. The Kier molecular flexibility index (Phi) is 4.10. The molecule has 126 valence electrons. The SMILES string of the molecule is O=C(c1ccoc1)N1CCC2(CCN(Cc3cccnc3)C2)CC1. The van der Waals surface area contributed by atoms with Gasteiger partial charge in [-0.15, -0.1) is 0 Å². The largest absolute Gasteiger partial charge is 0.472 e. The summed E-state index contributed by atoms with van der Waals surface area (Å²) in [6.45, 7) is 4.96. The Hall–Kier alpha value is -2.14. The maximum Gasteiger partial charge on any atom is 0.257 e. The second-order valence-corrected chi connectivity index (χ2v) is 7.13. The number of amides is 1. The summed E-state index contributed by atoms with van der Waals surface area (Å²) >= 11 is 0. The van der Waals surface area contributed by atoms with E-state index in [1.165, 1.54) is 18.2 Å². The highest BCUT2D eigenvalue weighted by Gasteiger charge is 2.41. The van der Waals surface area contributed by atoms with Crippen molar-refractivity contribution in [2.45, 2.75) is 25.8 Å². The van der Waals surface area contributed by atoms with E-state index in [1.54, 1.807) is 12.3 Å². The van der Waals surface area contributed by atoms with Crippen LogP contribution in [0, 0.1) is 5.41 Å². The average Bonchev–Trinajstić information content (AvgIpc) is 3.27. The molecule has 0 N–H and O–H groups in total. The molecule has 4 heterocycles. The zero-order chi connectivity index (χ0) is 16.4. The van der Waals surface area contributed by atoms with Crippen molar-refractivity contribution in [1.29, 1.82) is 0 Å². The lowest BCUT2D eigenvalue weighted by Crippen LogP contribution is -2.44. The van der Waals surface area contributed by atoms with E-state index in [2.05, 4.69) is 16.0 Å². The van der Waals surface area contributed by atoms with Crippen LogP contribution in [0.5, 0.6) is 0 Å².